The molecule has 16 rings (SSSR count). The van der Waals surface area contributed by atoms with Crippen molar-refractivity contribution >= 4 is 78.9 Å². The van der Waals surface area contributed by atoms with Crippen LogP contribution < -0.4 is 69.9 Å². The Morgan fingerprint density at radius 1 is 0.413 bits per heavy atom. The summed E-state index contributed by atoms with van der Waals surface area (Å²) in [7, 11) is 4.75. The minimum absolute atomic E-state index is 0.00387. The number of methoxy groups -OCH3 is 5. The Morgan fingerprint density at radius 2 is 0.744 bits per heavy atom. The van der Waals surface area contributed by atoms with Crippen molar-refractivity contribution in [2.24, 2.45) is 0 Å². The van der Waals surface area contributed by atoms with E-state index in [4.69, 9.17) is 48.7 Å². The summed E-state index contributed by atoms with van der Waals surface area (Å²) in [5.41, 5.74) is 20.1. The number of nitrogens with one attached hydrogen (secondary N) is 5. The highest BCUT2D eigenvalue weighted by Crippen LogP contribution is 2.41. The third-order valence-corrected chi connectivity index (χ3v) is 22.7. The molecule has 638 valence electrons. The van der Waals surface area contributed by atoms with Crippen molar-refractivity contribution in [1.29, 1.82) is 0 Å². The predicted octanol–water partition coefficient (Wildman–Crippen LogP) is 10.3. The Kier molecular flexibility index (Phi) is 25.7. The van der Waals surface area contributed by atoms with Gasteiger partial charge in [-0.25, -0.2) is 51.2 Å². The molecule has 0 aliphatic carbocycles. The number of amides is 5. The highest BCUT2D eigenvalue weighted by atomic mass is 32.2. The van der Waals surface area contributed by atoms with Gasteiger partial charge >= 0.3 is 6.03 Å². The second-order valence-electron chi connectivity index (χ2n) is 31.3. The van der Waals surface area contributed by atoms with Crippen molar-refractivity contribution < 1.29 is 56.4 Å². The zero-order valence-corrected chi connectivity index (χ0v) is 72.6. The van der Waals surface area contributed by atoms with Gasteiger partial charge in [0.05, 0.1) is 126 Å². The number of nitrogens with zero attached hydrogens (tertiary/aromatic N) is 16. The molecule has 0 bridgehead atoms. The highest BCUT2D eigenvalue weighted by molar-refractivity contribution is 7.90. The summed E-state index contributed by atoms with van der Waals surface area (Å²) in [4.78, 5) is 74.9. The van der Waals surface area contributed by atoms with E-state index in [9.17, 15) is 32.7 Å². The molecule has 6 N–H and O–H groups in total. The van der Waals surface area contributed by atoms with Crippen LogP contribution in [0, 0.1) is 48.5 Å². The molecule has 4 fully saturated rings. The average Bonchev–Trinajstić information content (AvgIpc) is 1.63. The lowest BCUT2D eigenvalue weighted by molar-refractivity contribution is -0.120. The number of aromatic hydroxyl groups is 1. The van der Waals surface area contributed by atoms with Gasteiger partial charge in [-0.15, -0.1) is 5.10 Å². The molecule has 0 spiro atoms. The van der Waals surface area contributed by atoms with Gasteiger partial charge in [0, 0.05) is 138 Å². The van der Waals surface area contributed by atoms with Gasteiger partial charge in [0.1, 0.15) is 5.75 Å². The molecule has 4 aliphatic heterocycles. The van der Waals surface area contributed by atoms with Crippen LogP contribution in [-0.4, -0.2) is 220 Å². The zero-order valence-electron chi connectivity index (χ0n) is 71.8. The number of fused-ring (bicyclic) bond motifs is 4. The first-order chi connectivity index (χ1) is 57.8. The fourth-order valence-corrected chi connectivity index (χ4v) is 17.0. The molecule has 4 saturated heterocycles. The van der Waals surface area contributed by atoms with Gasteiger partial charge in [-0.3, -0.25) is 14.4 Å². The number of imidazole rings is 4. The number of urea groups is 1. The predicted molar refractivity (Wildman–Crippen MR) is 465 cm³/mol. The van der Waals surface area contributed by atoms with E-state index in [1.54, 1.807) is 84.2 Å². The second kappa shape index (κ2) is 36.3. The number of phenols is 1. The van der Waals surface area contributed by atoms with Crippen LogP contribution in [0.15, 0.2) is 114 Å². The van der Waals surface area contributed by atoms with E-state index in [1.807, 2.05) is 143 Å². The summed E-state index contributed by atoms with van der Waals surface area (Å²) in [5, 5.41) is 43.3. The van der Waals surface area contributed by atoms with Gasteiger partial charge in [-0.05, 0) is 179 Å². The Bertz CT molecular complexity index is 6000. The number of aromatic nitrogens is 12. The maximum atomic E-state index is 12.1. The van der Waals surface area contributed by atoms with Crippen LogP contribution in [0.5, 0.6) is 34.6 Å². The molecule has 0 saturated carbocycles. The van der Waals surface area contributed by atoms with Gasteiger partial charge in [0.15, 0.2) is 55.4 Å². The summed E-state index contributed by atoms with van der Waals surface area (Å²) in [6, 6.07) is 34.0. The number of anilines is 4. The van der Waals surface area contributed by atoms with Crippen LogP contribution in [0.1, 0.15) is 100 Å². The van der Waals surface area contributed by atoms with Gasteiger partial charge in [-0.1, -0.05) is 12.1 Å². The Hall–Kier alpha value is -13.0. The maximum absolute atomic E-state index is 12.1. The van der Waals surface area contributed by atoms with Gasteiger partial charge < -0.3 is 75.0 Å². The van der Waals surface area contributed by atoms with E-state index in [2.05, 4.69) is 73.6 Å². The van der Waals surface area contributed by atoms with Crippen molar-refractivity contribution in [1.82, 2.24) is 85.0 Å². The van der Waals surface area contributed by atoms with Crippen LogP contribution in [0.4, 0.5) is 27.5 Å². The van der Waals surface area contributed by atoms with Crippen molar-refractivity contribution in [2.75, 3.05) is 114 Å². The number of phenolic OH excluding ortho intramolecular Hbond substituents is 1. The third-order valence-electron chi connectivity index (χ3n) is 21.6. The molecule has 0 radical (unpaired) electrons. The first kappa shape index (κ1) is 85.9. The molecule has 12 heterocycles. The molecule has 4 aliphatic rings. The zero-order chi connectivity index (χ0) is 86.6. The number of sulfone groups is 1. The molecule has 12 aromatic rings. The minimum atomic E-state index is -3.32. The van der Waals surface area contributed by atoms with Gasteiger partial charge in [0.2, 0.25) is 23.6 Å². The molecule has 0 unspecified atom stereocenters. The van der Waals surface area contributed by atoms with E-state index in [1.165, 1.54) is 13.2 Å². The summed E-state index contributed by atoms with van der Waals surface area (Å²) in [6.07, 6.45) is 4.74. The largest absolute Gasteiger partial charge is 0.508 e. The normalized spacial score (nSPS) is 16.4. The van der Waals surface area contributed by atoms with Crippen molar-refractivity contribution in [2.45, 2.75) is 144 Å². The first-order valence-corrected chi connectivity index (χ1v) is 42.2. The van der Waals surface area contributed by atoms with Gasteiger partial charge in [-0.2, -0.15) is 15.3 Å². The molecule has 4 atom stereocenters. The smallest absolute Gasteiger partial charge is 0.315 e. The van der Waals surface area contributed by atoms with E-state index in [0.717, 1.165) is 195 Å². The summed E-state index contributed by atoms with van der Waals surface area (Å²) in [5.74, 6) is 3.31. The SMILES string of the molecule is CC(=O)N[C@@H]1CCN(c2cc(C)nn3c(-c4ccc(O)cc4)c(C)nc23)C1.CC(=O)N[C@@H]1CCN(c2cc(C)nn3c(-c4cccc(S(C)(=O)=O)c4)c(C)nc23)C1.COc1cc(N2CC[C@@H](NC(C)=O)C2)c2nc(C)c(-c3ccc(OC)c(OC)c3)n2n1.COc1ccc(-c2c(C)nc3c(N4CC[C@@H](NC(=O)NC(C)C)C4)cc(C)nn23)cc1OC. The lowest BCUT2D eigenvalue weighted by atomic mass is 10.1. The highest BCUT2D eigenvalue weighted by Gasteiger charge is 2.33. The molecule has 33 nitrogen and oxygen atoms in total. The number of rotatable bonds is 19. The second-order valence-corrected chi connectivity index (χ2v) is 33.3. The standard InChI is InChI=1S/C24H32N6O3.C22H27N5O4.C21H25N5O3S.C20H23N5O2/c1-14(2)25-24(31)27-18-9-10-29(13-18)19-11-15(3)28-30-22(16(4)26-23(19)30)17-7-8-20(32-5)21(12-17)33-6;1-13-21(15-6-7-18(29-3)19(10-15)30-4)27-22(23-13)17(11-20(25-27)31-5)26-9-8-16(12-26)24-14(2)28;1-13-10-19(25-9-8-17(12-25)23-15(3)27)21-22-14(2)20(26(21)24-13)16-6-5-7-18(11-16)30(4,28)29;1-12-10-18(24-9-8-16(11-24)22-14(3)26)20-21-13(2)19(25(20)23-12)15-4-6-17(27)7-5-15/h7-8,11-12,14,18H,9-10,13H2,1-6H3,(H2,25,27,31);6-7,10-11,16H,8-9,12H2,1-5H3,(H,24,28);5-7,10-11,17H,8-9,12H2,1-4H3,(H,23,27);4-7,10,16,27H,8-9,11H2,1-3H3,(H,22,26)/t18-;16-;17-;16-/m1111/s1. The van der Waals surface area contributed by atoms with Crippen LogP contribution in [-0.2, 0) is 24.2 Å². The molecule has 5 amide bonds. The number of benzene rings is 4. The number of ether oxygens (including phenoxy) is 5. The van der Waals surface area contributed by atoms with Gasteiger partial charge in [0.25, 0.3) is 0 Å². The third kappa shape index (κ3) is 19.0. The fourth-order valence-electron chi connectivity index (χ4n) is 16.3. The molecule has 34 heteroatoms. The monoisotopic (exact) mass is 1670 g/mol. The number of hydrogen-bond donors (Lipinski definition) is 6. The number of carbonyl (C=O) groups is 4. The Balaban J connectivity index is 0.000000140. The average molecular weight is 1670 g/mol. The molecular weight excluding hydrogens is 1560 g/mol. The molecular formula is C87H107N21O12S. The lowest BCUT2D eigenvalue weighted by Gasteiger charge is -2.20. The van der Waals surface area contributed by atoms with Crippen LogP contribution in [0.3, 0.4) is 0 Å². The van der Waals surface area contributed by atoms with E-state index in [0.29, 0.717) is 42.0 Å². The number of hydrogen-bond acceptors (Lipinski definition) is 24. The fraction of sp³-hybridized carbons (Fsp3) is 0.402. The minimum Gasteiger partial charge on any atom is -0.508 e. The summed E-state index contributed by atoms with van der Waals surface area (Å²) in [6.45, 7) is 28.5. The summed E-state index contributed by atoms with van der Waals surface area (Å²) >= 11 is 0. The van der Waals surface area contributed by atoms with E-state index < -0.39 is 9.84 Å². The summed E-state index contributed by atoms with van der Waals surface area (Å²) < 4.78 is 58.7. The van der Waals surface area contributed by atoms with Crippen LogP contribution >= 0.6 is 0 Å². The van der Waals surface area contributed by atoms with Crippen LogP contribution in [0.2, 0.25) is 0 Å². The molecule has 121 heavy (non-hydrogen) atoms. The van der Waals surface area contributed by atoms with Crippen LogP contribution in [0.25, 0.3) is 67.6 Å². The topological polar surface area (TPSA) is 363 Å². The Labute approximate surface area is 703 Å². The van der Waals surface area contributed by atoms with E-state index in [-0.39, 0.29) is 64.6 Å². The van der Waals surface area contributed by atoms with E-state index >= 15 is 0 Å². The number of carbonyl (C=O) groups excluding carboxylic acids is 4. The lowest BCUT2D eigenvalue weighted by Crippen LogP contribution is -2.45. The molecule has 8 aromatic heterocycles. The van der Waals surface area contributed by atoms with Crippen molar-refractivity contribution in [3.63, 3.8) is 0 Å². The quantitative estimate of drug-likeness (QED) is 0.0438. The Morgan fingerprint density at radius 3 is 1.08 bits per heavy atom. The molecule has 4 aromatic carbocycles. The first-order valence-electron chi connectivity index (χ1n) is 40.3. The number of aryl methyl sites for hydroxylation is 7. The van der Waals surface area contributed by atoms with Crippen molar-refractivity contribution in [3.8, 4) is 79.7 Å². The maximum Gasteiger partial charge on any atom is 0.315 e. The van der Waals surface area contributed by atoms with Crippen molar-refractivity contribution in [3.05, 3.63) is 149 Å².